The van der Waals surface area contributed by atoms with Crippen LogP contribution in [0.3, 0.4) is 0 Å². The highest BCUT2D eigenvalue weighted by Crippen LogP contribution is 2.16. The quantitative estimate of drug-likeness (QED) is 0.430. The molecule has 0 radical (unpaired) electrons. The van der Waals surface area contributed by atoms with E-state index < -0.39 is 6.23 Å². The molecule has 120 valence electrons. The lowest BCUT2D eigenvalue weighted by atomic mass is 10.1. The Hall–Kier alpha value is -1.32. The summed E-state index contributed by atoms with van der Waals surface area (Å²) >= 11 is 0. The van der Waals surface area contributed by atoms with Crippen molar-refractivity contribution in [1.29, 1.82) is 0 Å². The third-order valence-electron chi connectivity index (χ3n) is 3.73. The van der Waals surface area contributed by atoms with Crippen molar-refractivity contribution < 1.29 is 14.3 Å². The van der Waals surface area contributed by atoms with Crippen molar-refractivity contribution in [3.8, 4) is 0 Å². The maximum atomic E-state index is 11.8. The zero-order chi connectivity index (χ0) is 15.5. The van der Waals surface area contributed by atoms with E-state index in [4.69, 9.17) is 4.74 Å². The van der Waals surface area contributed by atoms with E-state index in [1.54, 1.807) is 11.0 Å². The van der Waals surface area contributed by atoms with E-state index in [9.17, 15) is 9.59 Å². The van der Waals surface area contributed by atoms with Gasteiger partial charge in [0, 0.05) is 19.0 Å². The Bertz CT molecular complexity index is 352. The first kappa shape index (κ1) is 17.7. The third kappa shape index (κ3) is 6.78. The number of rotatable bonds is 11. The summed E-state index contributed by atoms with van der Waals surface area (Å²) in [7, 11) is 0. The van der Waals surface area contributed by atoms with E-state index in [1.165, 1.54) is 25.3 Å². The summed E-state index contributed by atoms with van der Waals surface area (Å²) in [6.45, 7) is 4.95. The second-order valence-electron chi connectivity index (χ2n) is 5.64. The van der Waals surface area contributed by atoms with Gasteiger partial charge in [-0.05, 0) is 18.9 Å². The van der Waals surface area contributed by atoms with Gasteiger partial charge in [-0.2, -0.15) is 0 Å². The van der Waals surface area contributed by atoms with Crippen molar-refractivity contribution in [3.63, 3.8) is 0 Å². The molecule has 1 atom stereocenters. The fourth-order valence-corrected chi connectivity index (χ4v) is 2.43. The van der Waals surface area contributed by atoms with E-state index in [2.05, 4.69) is 13.8 Å². The Labute approximate surface area is 128 Å². The van der Waals surface area contributed by atoms with Gasteiger partial charge in [-0.3, -0.25) is 9.59 Å². The van der Waals surface area contributed by atoms with E-state index >= 15 is 0 Å². The number of hydrogen-bond donors (Lipinski definition) is 0. The van der Waals surface area contributed by atoms with Gasteiger partial charge < -0.3 is 9.64 Å². The SMILES string of the molecule is CCCCCCCN1C(=O)C=CC1OC(=O)CCCCC. The van der Waals surface area contributed by atoms with Crippen molar-refractivity contribution in [1.82, 2.24) is 4.90 Å². The number of hydrogen-bond acceptors (Lipinski definition) is 3. The summed E-state index contributed by atoms with van der Waals surface area (Å²) in [4.78, 5) is 25.2. The van der Waals surface area contributed by atoms with Gasteiger partial charge in [0.25, 0.3) is 0 Å². The molecule has 0 N–H and O–H groups in total. The second kappa shape index (κ2) is 10.4. The Balaban J connectivity index is 2.29. The summed E-state index contributed by atoms with van der Waals surface area (Å²) in [5, 5.41) is 0. The van der Waals surface area contributed by atoms with Crippen molar-refractivity contribution in [2.45, 2.75) is 77.9 Å². The van der Waals surface area contributed by atoms with E-state index in [0.717, 1.165) is 32.1 Å². The minimum absolute atomic E-state index is 0.0446. The number of amides is 1. The summed E-state index contributed by atoms with van der Waals surface area (Å²) in [5.41, 5.74) is 0. The number of unbranched alkanes of at least 4 members (excludes halogenated alkanes) is 6. The van der Waals surface area contributed by atoms with E-state index in [0.29, 0.717) is 13.0 Å². The maximum Gasteiger partial charge on any atom is 0.307 e. The van der Waals surface area contributed by atoms with Crippen LogP contribution in [0.1, 0.15) is 71.6 Å². The molecule has 0 aromatic carbocycles. The Morgan fingerprint density at radius 1 is 1.10 bits per heavy atom. The molecule has 0 spiro atoms. The number of carbonyl (C=O) groups excluding carboxylic acids is 2. The summed E-state index contributed by atoms with van der Waals surface area (Å²) in [6.07, 6.45) is 11.9. The van der Waals surface area contributed by atoms with Gasteiger partial charge in [0.15, 0.2) is 6.23 Å². The van der Waals surface area contributed by atoms with Crippen LogP contribution in [-0.4, -0.2) is 29.5 Å². The van der Waals surface area contributed by atoms with Crippen LogP contribution in [0.5, 0.6) is 0 Å². The first-order chi connectivity index (χ1) is 10.2. The van der Waals surface area contributed by atoms with Gasteiger partial charge in [-0.15, -0.1) is 0 Å². The lowest BCUT2D eigenvalue weighted by molar-refractivity contribution is -0.157. The molecule has 0 bridgehead atoms. The molecule has 1 rings (SSSR count). The topological polar surface area (TPSA) is 46.6 Å². The molecule has 0 aromatic rings. The second-order valence-corrected chi connectivity index (χ2v) is 5.64. The van der Waals surface area contributed by atoms with Crippen LogP contribution < -0.4 is 0 Å². The summed E-state index contributed by atoms with van der Waals surface area (Å²) in [6, 6.07) is 0. The smallest absolute Gasteiger partial charge is 0.307 e. The third-order valence-corrected chi connectivity index (χ3v) is 3.73. The first-order valence-electron chi connectivity index (χ1n) is 8.37. The molecule has 0 aliphatic carbocycles. The van der Waals surface area contributed by atoms with Crippen LogP contribution in [-0.2, 0) is 14.3 Å². The summed E-state index contributed by atoms with van der Waals surface area (Å²) < 4.78 is 5.40. The van der Waals surface area contributed by atoms with Gasteiger partial charge in [0.1, 0.15) is 0 Å². The Morgan fingerprint density at radius 2 is 1.76 bits per heavy atom. The van der Waals surface area contributed by atoms with Gasteiger partial charge in [0.2, 0.25) is 5.91 Å². The van der Waals surface area contributed by atoms with Crippen molar-refractivity contribution in [3.05, 3.63) is 12.2 Å². The maximum absolute atomic E-state index is 11.8. The monoisotopic (exact) mass is 295 g/mol. The number of esters is 1. The van der Waals surface area contributed by atoms with E-state index in [1.807, 2.05) is 0 Å². The van der Waals surface area contributed by atoms with Crippen LogP contribution in [0.4, 0.5) is 0 Å². The van der Waals surface area contributed by atoms with Crippen LogP contribution in [0.2, 0.25) is 0 Å². The van der Waals surface area contributed by atoms with Crippen LogP contribution >= 0.6 is 0 Å². The van der Waals surface area contributed by atoms with Crippen LogP contribution in [0.15, 0.2) is 12.2 Å². The largest absolute Gasteiger partial charge is 0.438 e. The van der Waals surface area contributed by atoms with Gasteiger partial charge >= 0.3 is 5.97 Å². The normalized spacial score (nSPS) is 17.5. The van der Waals surface area contributed by atoms with Gasteiger partial charge in [0.05, 0.1) is 0 Å². The molecule has 1 aliphatic heterocycles. The molecule has 4 nitrogen and oxygen atoms in total. The highest BCUT2D eigenvalue weighted by molar-refractivity contribution is 5.90. The molecule has 0 saturated carbocycles. The average molecular weight is 295 g/mol. The number of ether oxygens (including phenoxy) is 1. The highest BCUT2D eigenvalue weighted by atomic mass is 16.6. The molecule has 21 heavy (non-hydrogen) atoms. The zero-order valence-corrected chi connectivity index (χ0v) is 13.5. The minimum Gasteiger partial charge on any atom is -0.438 e. The standard InChI is InChI=1S/C17H29NO3/c1-3-5-7-8-10-14-18-15(19)12-13-16(18)21-17(20)11-9-6-4-2/h12-13,16H,3-11,14H2,1-2H3. The molecule has 4 heteroatoms. The fraction of sp³-hybridized carbons (Fsp3) is 0.765. The van der Waals surface area contributed by atoms with Crippen molar-refractivity contribution >= 4 is 11.9 Å². The molecule has 0 aromatic heterocycles. The highest BCUT2D eigenvalue weighted by Gasteiger charge is 2.27. The molecular formula is C17H29NO3. The molecule has 0 saturated heterocycles. The fourth-order valence-electron chi connectivity index (χ4n) is 2.43. The molecule has 1 heterocycles. The van der Waals surface area contributed by atoms with Gasteiger partial charge in [-0.25, -0.2) is 0 Å². The lowest BCUT2D eigenvalue weighted by Crippen LogP contribution is -2.37. The molecular weight excluding hydrogens is 266 g/mol. The first-order valence-corrected chi connectivity index (χ1v) is 8.37. The van der Waals surface area contributed by atoms with Crippen LogP contribution in [0, 0.1) is 0 Å². The van der Waals surface area contributed by atoms with Crippen molar-refractivity contribution in [2.75, 3.05) is 6.54 Å². The zero-order valence-electron chi connectivity index (χ0n) is 13.5. The molecule has 1 amide bonds. The van der Waals surface area contributed by atoms with Crippen LogP contribution in [0.25, 0.3) is 0 Å². The van der Waals surface area contributed by atoms with Crippen molar-refractivity contribution in [2.24, 2.45) is 0 Å². The average Bonchev–Trinajstić information content (AvgIpc) is 2.80. The Kier molecular flexibility index (Phi) is 8.79. The lowest BCUT2D eigenvalue weighted by Gasteiger charge is -2.24. The van der Waals surface area contributed by atoms with Gasteiger partial charge in [-0.1, -0.05) is 52.4 Å². The number of nitrogens with zero attached hydrogens (tertiary/aromatic N) is 1. The molecule has 0 fully saturated rings. The predicted molar refractivity (Wildman–Crippen MR) is 83.6 cm³/mol. The molecule has 1 unspecified atom stereocenters. The number of carbonyl (C=O) groups is 2. The summed E-state index contributed by atoms with van der Waals surface area (Å²) in [5.74, 6) is -0.249. The minimum atomic E-state index is -0.488. The Morgan fingerprint density at radius 3 is 2.48 bits per heavy atom. The predicted octanol–water partition coefficient (Wildman–Crippen LogP) is 3.80. The van der Waals surface area contributed by atoms with E-state index in [-0.39, 0.29) is 11.9 Å². The molecule has 1 aliphatic rings.